The van der Waals surface area contributed by atoms with Gasteiger partial charge in [0.2, 0.25) is 5.91 Å². The molecule has 0 saturated carbocycles. The van der Waals surface area contributed by atoms with E-state index in [0.717, 1.165) is 29.7 Å². The highest BCUT2D eigenvalue weighted by atomic mass is 32.1. The number of Topliss-reactive ketones (excluding diaryl/α,β-unsaturated/α-hetero) is 1. The lowest BCUT2D eigenvalue weighted by Crippen LogP contribution is -2.27. The topological polar surface area (TPSA) is 89.3 Å². The summed E-state index contributed by atoms with van der Waals surface area (Å²) in [5, 5.41) is 3.36. The summed E-state index contributed by atoms with van der Waals surface area (Å²) in [5.41, 5.74) is 7.85. The van der Waals surface area contributed by atoms with Gasteiger partial charge in [0.05, 0.1) is 5.56 Å². The second-order valence-electron chi connectivity index (χ2n) is 8.72. The van der Waals surface area contributed by atoms with Crippen LogP contribution in [0.4, 0.5) is 5.00 Å². The summed E-state index contributed by atoms with van der Waals surface area (Å²) in [4.78, 5) is 37.9. The van der Waals surface area contributed by atoms with Crippen LogP contribution in [0.15, 0.2) is 30.3 Å². The number of carbonyl (C=O) groups excluding carboxylic acids is 3. The van der Waals surface area contributed by atoms with Crippen molar-refractivity contribution in [1.82, 2.24) is 0 Å². The summed E-state index contributed by atoms with van der Waals surface area (Å²) in [6, 6.07) is 8.92. The Labute approximate surface area is 175 Å². The summed E-state index contributed by atoms with van der Waals surface area (Å²) in [6.45, 7) is 6.70. The van der Waals surface area contributed by atoms with E-state index < -0.39 is 5.91 Å². The number of thiophene rings is 1. The maximum absolute atomic E-state index is 12.5. The van der Waals surface area contributed by atoms with Gasteiger partial charge in [-0.05, 0) is 36.2 Å². The lowest BCUT2D eigenvalue weighted by atomic mass is 9.72. The van der Waals surface area contributed by atoms with Crippen molar-refractivity contribution in [3.8, 4) is 0 Å². The van der Waals surface area contributed by atoms with Crippen LogP contribution in [0.1, 0.15) is 71.2 Å². The van der Waals surface area contributed by atoms with Crippen LogP contribution in [0.5, 0.6) is 0 Å². The minimum Gasteiger partial charge on any atom is -0.365 e. The molecule has 6 heteroatoms. The summed E-state index contributed by atoms with van der Waals surface area (Å²) >= 11 is 1.45. The van der Waals surface area contributed by atoms with Gasteiger partial charge in [0.1, 0.15) is 5.00 Å². The van der Waals surface area contributed by atoms with Gasteiger partial charge in [-0.3, -0.25) is 14.4 Å². The number of amides is 2. The Morgan fingerprint density at radius 1 is 1.14 bits per heavy atom. The second kappa shape index (κ2) is 8.49. The zero-order valence-corrected chi connectivity index (χ0v) is 18.0. The van der Waals surface area contributed by atoms with Crippen molar-refractivity contribution < 1.29 is 14.4 Å². The highest BCUT2D eigenvalue weighted by molar-refractivity contribution is 7.17. The van der Waals surface area contributed by atoms with Crippen LogP contribution in [0, 0.1) is 11.3 Å². The number of rotatable bonds is 6. The average Bonchev–Trinajstić information content (AvgIpc) is 3.03. The van der Waals surface area contributed by atoms with E-state index in [-0.39, 0.29) is 29.9 Å². The molecule has 1 atom stereocenters. The number of fused-ring (bicyclic) bond motifs is 1. The molecular weight excluding hydrogens is 384 g/mol. The molecule has 3 rings (SSSR count). The monoisotopic (exact) mass is 412 g/mol. The SMILES string of the molecule is CC(C)(C)C1CCc2c(sc(NC(=O)CCC(=O)c3ccccc3)c2C(N)=O)C1. The molecule has 1 aromatic carbocycles. The van der Waals surface area contributed by atoms with Gasteiger partial charge in [0, 0.05) is 23.3 Å². The van der Waals surface area contributed by atoms with E-state index in [0.29, 0.717) is 22.0 Å². The van der Waals surface area contributed by atoms with Crippen molar-refractivity contribution in [2.45, 2.75) is 52.9 Å². The predicted octanol–water partition coefficient (Wildman–Crippen LogP) is 4.60. The number of nitrogens with two attached hydrogens (primary N) is 1. The van der Waals surface area contributed by atoms with Crippen LogP contribution < -0.4 is 11.1 Å². The molecule has 3 N–H and O–H groups in total. The molecule has 1 heterocycles. The molecule has 1 aliphatic carbocycles. The highest BCUT2D eigenvalue weighted by Gasteiger charge is 2.33. The molecule has 2 aromatic rings. The van der Waals surface area contributed by atoms with Crippen LogP contribution in [-0.4, -0.2) is 17.6 Å². The van der Waals surface area contributed by atoms with E-state index in [1.54, 1.807) is 24.3 Å². The number of ketones is 1. The van der Waals surface area contributed by atoms with Crippen molar-refractivity contribution in [3.63, 3.8) is 0 Å². The van der Waals surface area contributed by atoms with Gasteiger partial charge in [-0.1, -0.05) is 51.1 Å². The molecule has 0 bridgehead atoms. The molecule has 0 radical (unpaired) electrons. The lowest BCUT2D eigenvalue weighted by molar-refractivity contribution is -0.116. The first-order valence-corrected chi connectivity index (χ1v) is 10.8. The third-order valence-electron chi connectivity index (χ3n) is 5.66. The smallest absolute Gasteiger partial charge is 0.251 e. The minimum absolute atomic E-state index is 0.0686. The Kier molecular flexibility index (Phi) is 6.22. The van der Waals surface area contributed by atoms with Crippen LogP contribution in [0.2, 0.25) is 0 Å². The Morgan fingerprint density at radius 2 is 1.83 bits per heavy atom. The van der Waals surface area contributed by atoms with Crippen molar-refractivity contribution in [2.24, 2.45) is 17.1 Å². The number of primary amides is 1. The predicted molar refractivity (Wildman–Crippen MR) is 116 cm³/mol. The number of nitrogens with one attached hydrogen (secondary N) is 1. The molecule has 0 aliphatic heterocycles. The van der Waals surface area contributed by atoms with E-state index in [2.05, 4.69) is 26.1 Å². The number of anilines is 1. The van der Waals surface area contributed by atoms with Crippen molar-refractivity contribution >= 4 is 33.9 Å². The first-order chi connectivity index (χ1) is 13.7. The summed E-state index contributed by atoms with van der Waals surface area (Å²) in [5.74, 6) is -0.328. The van der Waals surface area contributed by atoms with Gasteiger partial charge in [0.15, 0.2) is 5.78 Å². The van der Waals surface area contributed by atoms with Crippen LogP contribution in [0.25, 0.3) is 0 Å². The summed E-state index contributed by atoms with van der Waals surface area (Å²) in [7, 11) is 0. The number of carbonyl (C=O) groups is 3. The Hall–Kier alpha value is -2.47. The Morgan fingerprint density at radius 3 is 2.45 bits per heavy atom. The Balaban J connectivity index is 1.70. The first kappa shape index (κ1) is 21.2. The zero-order chi connectivity index (χ0) is 21.2. The molecule has 0 saturated heterocycles. The number of hydrogen-bond acceptors (Lipinski definition) is 4. The molecule has 2 amide bonds. The zero-order valence-electron chi connectivity index (χ0n) is 17.2. The van der Waals surface area contributed by atoms with E-state index in [4.69, 9.17) is 5.73 Å². The van der Waals surface area contributed by atoms with Gasteiger partial charge in [-0.2, -0.15) is 0 Å². The standard InChI is InChI=1S/C23H28N2O3S/c1-23(2,3)15-9-10-16-18(13-15)29-22(20(16)21(24)28)25-19(27)12-11-17(26)14-7-5-4-6-8-14/h4-8,15H,9-13H2,1-3H3,(H2,24,28)(H,25,27). The molecule has 1 aliphatic rings. The van der Waals surface area contributed by atoms with E-state index in [1.165, 1.54) is 11.3 Å². The van der Waals surface area contributed by atoms with Gasteiger partial charge in [-0.15, -0.1) is 11.3 Å². The average molecular weight is 413 g/mol. The van der Waals surface area contributed by atoms with Gasteiger partial charge in [-0.25, -0.2) is 0 Å². The van der Waals surface area contributed by atoms with Gasteiger partial charge in [0.25, 0.3) is 5.91 Å². The lowest BCUT2D eigenvalue weighted by Gasteiger charge is -2.33. The van der Waals surface area contributed by atoms with Gasteiger partial charge < -0.3 is 11.1 Å². The maximum Gasteiger partial charge on any atom is 0.251 e. The molecule has 29 heavy (non-hydrogen) atoms. The molecular formula is C23H28N2O3S. The van der Waals surface area contributed by atoms with E-state index in [1.807, 2.05) is 6.07 Å². The van der Waals surface area contributed by atoms with Crippen LogP contribution in [-0.2, 0) is 17.6 Å². The minimum atomic E-state index is -0.507. The highest BCUT2D eigenvalue weighted by Crippen LogP contribution is 2.44. The molecule has 1 unspecified atom stereocenters. The molecule has 154 valence electrons. The first-order valence-electron chi connectivity index (χ1n) is 9.99. The normalized spacial score (nSPS) is 16.2. The van der Waals surface area contributed by atoms with Crippen molar-refractivity contribution in [1.29, 1.82) is 0 Å². The largest absolute Gasteiger partial charge is 0.365 e. The quantitative estimate of drug-likeness (QED) is 0.680. The fraction of sp³-hybridized carbons (Fsp3) is 0.435. The summed E-state index contributed by atoms with van der Waals surface area (Å²) in [6.07, 6.45) is 2.89. The number of hydrogen-bond donors (Lipinski definition) is 2. The number of benzene rings is 1. The van der Waals surface area contributed by atoms with E-state index >= 15 is 0 Å². The summed E-state index contributed by atoms with van der Waals surface area (Å²) < 4.78 is 0. The second-order valence-corrected chi connectivity index (χ2v) is 9.82. The van der Waals surface area contributed by atoms with Crippen molar-refractivity contribution in [2.75, 3.05) is 5.32 Å². The van der Waals surface area contributed by atoms with Crippen LogP contribution >= 0.6 is 11.3 Å². The molecule has 0 spiro atoms. The Bertz CT molecular complexity index is 926. The van der Waals surface area contributed by atoms with E-state index in [9.17, 15) is 14.4 Å². The maximum atomic E-state index is 12.5. The third kappa shape index (κ3) is 4.93. The molecule has 5 nitrogen and oxygen atoms in total. The molecule has 1 aromatic heterocycles. The fourth-order valence-electron chi connectivity index (χ4n) is 3.86. The fourth-order valence-corrected chi connectivity index (χ4v) is 5.21. The molecule has 0 fully saturated rings. The van der Waals surface area contributed by atoms with Gasteiger partial charge >= 0.3 is 0 Å². The van der Waals surface area contributed by atoms with Crippen LogP contribution in [0.3, 0.4) is 0 Å². The third-order valence-corrected chi connectivity index (χ3v) is 6.83. The van der Waals surface area contributed by atoms with Crippen molar-refractivity contribution in [3.05, 3.63) is 51.9 Å².